The van der Waals surface area contributed by atoms with Gasteiger partial charge in [-0.05, 0) is 6.92 Å². The van der Waals surface area contributed by atoms with Gasteiger partial charge in [0.2, 0.25) is 5.91 Å². The first-order chi connectivity index (χ1) is 8.45. The van der Waals surface area contributed by atoms with Crippen LogP contribution in [0, 0.1) is 18.3 Å². The Hall–Kier alpha value is -1.39. The Bertz CT molecular complexity index is 427. The largest absolute Gasteiger partial charge is 0.387 e. The van der Waals surface area contributed by atoms with Crippen LogP contribution in [-0.4, -0.2) is 51.9 Å². The summed E-state index contributed by atoms with van der Waals surface area (Å²) in [5, 5.41) is 31.2. The Labute approximate surface area is 104 Å². The molecule has 1 amide bonds. The fourth-order valence-corrected chi connectivity index (χ4v) is 2.25. The maximum absolute atomic E-state index is 11.5. The van der Waals surface area contributed by atoms with Crippen LogP contribution in [-0.2, 0) is 9.53 Å². The number of aliphatic hydroxyl groups is 3. The van der Waals surface area contributed by atoms with E-state index in [0.29, 0.717) is 5.57 Å². The average molecular weight is 253 g/mol. The fraction of sp³-hybridized carbons (Fsp3) is 0.583. The fourth-order valence-electron chi connectivity index (χ4n) is 2.25. The van der Waals surface area contributed by atoms with Crippen LogP contribution in [0.25, 0.3) is 0 Å². The molecule has 0 bridgehead atoms. The Morgan fingerprint density at radius 1 is 1.39 bits per heavy atom. The number of amides is 1. The smallest absolute Gasteiger partial charge is 0.247 e. The summed E-state index contributed by atoms with van der Waals surface area (Å²) in [5.74, 6) is 1.63. The summed E-state index contributed by atoms with van der Waals surface area (Å²) in [6.07, 6.45) is 2.00. The third-order valence-electron chi connectivity index (χ3n) is 3.31. The molecule has 6 atom stereocenters. The zero-order valence-electron chi connectivity index (χ0n) is 9.78. The molecule has 6 unspecified atom stereocenters. The third-order valence-corrected chi connectivity index (χ3v) is 3.31. The maximum atomic E-state index is 11.5. The molecule has 2 aliphatic rings. The number of aliphatic hydroxyl groups excluding tert-OH is 3. The number of carbonyl (C=O) groups is 1. The minimum atomic E-state index is -1.45. The number of nitrogens with one attached hydrogen (secondary N) is 1. The van der Waals surface area contributed by atoms with E-state index in [2.05, 4.69) is 11.2 Å². The van der Waals surface area contributed by atoms with Gasteiger partial charge in [-0.3, -0.25) is 4.79 Å². The van der Waals surface area contributed by atoms with Crippen molar-refractivity contribution in [3.63, 3.8) is 0 Å². The summed E-state index contributed by atoms with van der Waals surface area (Å²) in [4.78, 5) is 11.5. The van der Waals surface area contributed by atoms with E-state index in [1.54, 1.807) is 13.0 Å². The highest BCUT2D eigenvalue weighted by Gasteiger charge is 2.48. The maximum Gasteiger partial charge on any atom is 0.247 e. The number of carbonyl (C=O) groups excluding carboxylic acids is 1. The van der Waals surface area contributed by atoms with Gasteiger partial charge in [0.15, 0.2) is 6.29 Å². The van der Waals surface area contributed by atoms with Gasteiger partial charge in [-0.2, -0.15) is 0 Å². The molecular formula is C12H15NO5. The zero-order chi connectivity index (χ0) is 13.4. The van der Waals surface area contributed by atoms with Crippen LogP contribution in [0.5, 0.6) is 0 Å². The van der Waals surface area contributed by atoms with Crippen molar-refractivity contribution >= 4 is 5.91 Å². The molecule has 0 aromatic carbocycles. The lowest BCUT2D eigenvalue weighted by Crippen LogP contribution is -2.50. The second kappa shape index (κ2) is 4.71. The van der Waals surface area contributed by atoms with Crippen molar-refractivity contribution < 1.29 is 24.9 Å². The van der Waals surface area contributed by atoms with Crippen molar-refractivity contribution in [3.8, 4) is 12.3 Å². The first-order valence-corrected chi connectivity index (χ1v) is 5.60. The zero-order valence-corrected chi connectivity index (χ0v) is 9.78. The molecule has 6 heteroatoms. The highest BCUT2D eigenvalue weighted by molar-refractivity contribution is 5.94. The lowest BCUT2D eigenvalue weighted by Gasteiger charge is -2.31. The van der Waals surface area contributed by atoms with Crippen LogP contribution >= 0.6 is 0 Å². The predicted octanol–water partition coefficient (Wildman–Crippen LogP) is -1.88. The molecule has 18 heavy (non-hydrogen) atoms. The normalized spacial score (nSPS) is 44.2. The third kappa shape index (κ3) is 2.02. The van der Waals surface area contributed by atoms with Crippen molar-refractivity contribution in [1.29, 1.82) is 0 Å². The van der Waals surface area contributed by atoms with Crippen LogP contribution in [0.4, 0.5) is 0 Å². The highest BCUT2D eigenvalue weighted by Crippen LogP contribution is 2.30. The quantitative estimate of drug-likeness (QED) is 0.410. The number of rotatable bonds is 1. The monoisotopic (exact) mass is 253 g/mol. The first-order valence-electron chi connectivity index (χ1n) is 5.60. The first kappa shape index (κ1) is 13.1. The number of hydrogen-bond acceptors (Lipinski definition) is 5. The van der Waals surface area contributed by atoms with E-state index >= 15 is 0 Å². The molecule has 0 aromatic heterocycles. The Morgan fingerprint density at radius 2 is 2.06 bits per heavy atom. The number of ether oxygens (including phenoxy) is 1. The van der Waals surface area contributed by atoms with Crippen molar-refractivity contribution in [2.75, 3.05) is 0 Å². The van der Waals surface area contributed by atoms with E-state index < -0.39 is 36.6 Å². The SMILES string of the molecule is C#CC1NC(=O)C(C)=CC1C1OC(O)C(O)C1O. The molecule has 0 aromatic rings. The molecule has 98 valence electrons. The number of terminal acetylenes is 1. The van der Waals surface area contributed by atoms with E-state index in [1.165, 1.54) is 0 Å². The number of hydrogen-bond donors (Lipinski definition) is 4. The van der Waals surface area contributed by atoms with Gasteiger partial charge in [0.05, 0.1) is 12.1 Å². The van der Waals surface area contributed by atoms with Gasteiger partial charge in [-0.1, -0.05) is 12.0 Å². The molecule has 0 radical (unpaired) electrons. The van der Waals surface area contributed by atoms with E-state index in [0.717, 1.165) is 0 Å². The van der Waals surface area contributed by atoms with Gasteiger partial charge in [-0.25, -0.2) is 0 Å². The summed E-state index contributed by atoms with van der Waals surface area (Å²) in [6, 6.07) is -0.640. The molecule has 1 fully saturated rings. The van der Waals surface area contributed by atoms with Gasteiger partial charge >= 0.3 is 0 Å². The predicted molar refractivity (Wildman–Crippen MR) is 60.9 cm³/mol. The minimum Gasteiger partial charge on any atom is -0.387 e. The minimum absolute atomic E-state index is 0.275. The summed E-state index contributed by atoms with van der Waals surface area (Å²) in [7, 11) is 0. The van der Waals surface area contributed by atoms with Crippen LogP contribution in [0.15, 0.2) is 11.6 Å². The van der Waals surface area contributed by atoms with Crippen LogP contribution in [0.2, 0.25) is 0 Å². The van der Waals surface area contributed by atoms with Crippen molar-refractivity contribution in [3.05, 3.63) is 11.6 Å². The van der Waals surface area contributed by atoms with E-state index in [1.807, 2.05) is 0 Å². The van der Waals surface area contributed by atoms with Gasteiger partial charge in [0.25, 0.3) is 0 Å². The molecule has 2 aliphatic heterocycles. The molecule has 4 N–H and O–H groups in total. The van der Waals surface area contributed by atoms with Crippen LogP contribution < -0.4 is 5.32 Å². The second-order valence-electron chi connectivity index (χ2n) is 4.52. The Kier molecular flexibility index (Phi) is 3.41. The molecule has 1 saturated heterocycles. The van der Waals surface area contributed by atoms with E-state index in [9.17, 15) is 20.1 Å². The highest BCUT2D eigenvalue weighted by atomic mass is 16.6. The van der Waals surface area contributed by atoms with Crippen molar-refractivity contribution in [2.24, 2.45) is 5.92 Å². The molecule has 0 spiro atoms. The summed E-state index contributed by atoms with van der Waals surface area (Å²) in [6.45, 7) is 1.61. The topological polar surface area (TPSA) is 99.0 Å². The van der Waals surface area contributed by atoms with Gasteiger partial charge in [-0.15, -0.1) is 6.42 Å². The molecule has 2 heterocycles. The summed E-state index contributed by atoms with van der Waals surface area (Å²) >= 11 is 0. The Balaban J connectivity index is 2.27. The van der Waals surface area contributed by atoms with Gasteiger partial charge in [0, 0.05) is 11.5 Å². The second-order valence-corrected chi connectivity index (χ2v) is 4.52. The molecule has 2 rings (SSSR count). The lowest BCUT2D eigenvalue weighted by atomic mass is 9.86. The Morgan fingerprint density at radius 3 is 2.56 bits per heavy atom. The summed E-state index contributed by atoms with van der Waals surface area (Å²) < 4.78 is 5.11. The van der Waals surface area contributed by atoms with Crippen molar-refractivity contribution in [1.82, 2.24) is 5.32 Å². The van der Waals surface area contributed by atoms with Crippen LogP contribution in [0.3, 0.4) is 0 Å². The van der Waals surface area contributed by atoms with E-state index in [4.69, 9.17) is 11.2 Å². The van der Waals surface area contributed by atoms with Gasteiger partial charge in [0.1, 0.15) is 12.2 Å². The van der Waals surface area contributed by atoms with Gasteiger partial charge < -0.3 is 25.4 Å². The van der Waals surface area contributed by atoms with Crippen molar-refractivity contribution in [2.45, 2.75) is 37.6 Å². The molecular weight excluding hydrogens is 238 g/mol. The average Bonchev–Trinajstić information content (AvgIpc) is 2.60. The van der Waals surface area contributed by atoms with E-state index in [-0.39, 0.29) is 5.91 Å². The molecule has 0 saturated carbocycles. The van der Waals surface area contributed by atoms with Crippen LogP contribution in [0.1, 0.15) is 6.92 Å². The standard InChI is InChI=1S/C12H15NO5/c1-3-7-6(4-5(2)11(16)13-7)10-8(14)9(15)12(17)18-10/h1,4,6-10,12,14-15,17H,2H3,(H,13,16). The molecule has 6 nitrogen and oxygen atoms in total. The summed E-state index contributed by atoms with van der Waals surface area (Å²) in [5.41, 5.74) is 0.457. The molecule has 0 aliphatic carbocycles. The lowest BCUT2D eigenvalue weighted by molar-refractivity contribution is -0.135.